The normalized spacial score (nSPS) is 18.3. The third kappa shape index (κ3) is 3.32. The number of hydrogen-bond acceptors (Lipinski definition) is 5. The van der Waals surface area contributed by atoms with Gasteiger partial charge in [0.1, 0.15) is 0 Å². The minimum atomic E-state index is -0.392. The van der Waals surface area contributed by atoms with Gasteiger partial charge in [-0.1, -0.05) is 0 Å². The van der Waals surface area contributed by atoms with E-state index in [-0.39, 0.29) is 12.0 Å². The van der Waals surface area contributed by atoms with Crippen LogP contribution in [0.5, 0.6) is 5.75 Å². The van der Waals surface area contributed by atoms with Gasteiger partial charge in [0.2, 0.25) is 0 Å². The van der Waals surface area contributed by atoms with Crippen molar-refractivity contribution in [3.05, 3.63) is 29.7 Å². The highest BCUT2D eigenvalue weighted by Crippen LogP contribution is 2.29. The van der Waals surface area contributed by atoms with Crippen LogP contribution in [0.4, 0.5) is 0 Å². The summed E-state index contributed by atoms with van der Waals surface area (Å²) in [6, 6.07) is 1.69. The molecule has 0 aliphatic carbocycles. The van der Waals surface area contributed by atoms with Gasteiger partial charge in [-0.15, -0.1) is 0 Å². The van der Waals surface area contributed by atoms with Crippen LogP contribution >= 0.6 is 0 Å². The van der Waals surface area contributed by atoms with Crippen LogP contribution in [0, 0.1) is 0 Å². The van der Waals surface area contributed by atoms with Crippen LogP contribution in [-0.4, -0.2) is 41.8 Å². The molecule has 3 heterocycles. The number of hydrogen-bond donors (Lipinski definition) is 0. The maximum absolute atomic E-state index is 11.9. The van der Waals surface area contributed by atoms with Crippen molar-refractivity contribution in [2.45, 2.75) is 38.7 Å². The molecule has 0 aromatic carbocycles. The lowest BCUT2D eigenvalue weighted by Crippen LogP contribution is -2.15. The number of esters is 1. The highest BCUT2D eigenvalue weighted by atomic mass is 16.5. The quantitative estimate of drug-likeness (QED) is 0.811. The van der Waals surface area contributed by atoms with Crippen molar-refractivity contribution in [1.29, 1.82) is 0 Å². The van der Waals surface area contributed by atoms with Crippen LogP contribution in [0.15, 0.2) is 18.5 Å². The van der Waals surface area contributed by atoms with Gasteiger partial charge in [0.15, 0.2) is 11.4 Å². The average Bonchev–Trinajstić information content (AvgIpc) is 2.99. The summed E-state index contributed by atoms with van der Waals surface area (Å²) < 4.78 is 18.1. The number of fused-ring (bicyclic) bond motifs is 1. The molecule has 1 atom stereocenters. The standard InChI is InChI=1S/C17H22N2O4/c1-11(2)23-15-7-13(17(20)21-3)8-19-9-14(18-16(15)19)12-5-4-6-22-10-12/h7-9,11-12H,4-6,10H2,1-3H3. The van der Waals surface area contributed by atoms with E-state index in [1.54, 1.807) is 12.3 Å². The Morgan fingerprint density at radius 1 is 1.43 bits per heavy atom. The van der Waals surface area contributed by atoms with Gasteiger partial charge < -0.3 is 18.6 Å². The molecule has 23 heavy (non-hydrogen) atoms. The van der Waals surface area contributed by atoms with Gasteiger partial charge in [-0.25, -0.2) is 9.78 Å². The van der Waals surface area contributed by atoms with E-state index in [2.05, 4.69) is 0 Å². The summed E-state index contributed by atoms with van der Waals surface area (Å²) >= 11 is 0. The predicted molar refractivity (Wildman–Crippen MR) is 85.1 cm³/mol. The van der Waals surface area contributed by atoms with Gasteiger partial charge in [0.25, 0.3) is 0 Å². The van der Waals surface area contributed by atoms with E-state index < -0.39 is 5.97 Å². The molecule has 6 heteroatoms. The monoisotopic (exact) mass is 318 g/mol. The summed E-state index contributed by atoms with van der Waals surface area (Å²) in [6.45, 7) is 5.40. The van der Waals surface area contributed by atoms with Gasteiger partial charge in [-0.05, 0) is 26.7 Å². The first kappa shape index (κ1) is 15.8. The number of methoxy groups -OCH3 is 1. The largest absolute Gasteiger partial charge is 0.487 e. The summed E-state index contributed by atoms with van der Waals surface area (Å²) in [5.74, 6) is 0.486. The van der Waals surface area contributed by atoms with Gasteiger partial charge in [0.05, 0.1) is 31.1 Å². The Morgan fingerprint density at radius 3 is 2.91 bits per heavy atom. The third-order valence-electron chi connectivity index (χ3n) is 3.90. The Bertz CT molecular complexity index is 702. The third-order valence-corrected chi connectivity index (χ3v) is 3.90. The molecule has 3 rings (SSSR count). The van der Waals surface area contributed by atoms with E-state index in [0.717, 1.165) is 25.1 Å². The molecule has 0 spiro atoms. The molecule has 1 fully saturated rings. The molecule has 1 aliphatic rings. The first-order valence-corrected chi connectivity index (χ1v) is 7.94. The summed E-state index contributed by atoms with van der Waals surface area (Å²) in [5.41, 5.74) is 2.13. The lowest BCUT2D eigenvalue weighted by atomic mass is 9.99. The molecule has 0 radical (unpaired) electrons. The topological polar surface area (TPSA) is 62.1 Å². The Kier molecular flexibility index (Phi) is 4.52. The predicted octanol–water partition coefficient (Wildman–Crippen LogP) is 2.80. The number of rotatable bonds is 4. The number of nitrogens with zero attached hydrogens (tertiary/aromatic N) is 2. The molecule has 1 saturated heterocycles. The fourth-order valence-electron chi connectivity index (χ4n) is 2.83. The number of carbonyl (C=O) groups is 1. The molecular formula is C17H22N2O4. The Morgan fingerprint density at radius 2 is 2.26 bits per heavy atom. The van der Waals surface area contributed by atoms with Gasteiger partial charge in [0, 0.05) is 31.0 Å². The van der Waals surface area contributed by atoms with Crippen LogP contribution in [0.2, 0.25) is 0 Å². The smallest absolute Gasteiger partial charge is 0.339 e. The number of carbonyl (C=O) groups excluding carboxylic acids is 1. The number of imidazole rings is 1. The Labute approximate surface area is 135 Å². The van der Waals surface area contributed by atoms with Crippen LogP contribution in [0.3, 0.4) is 0 Å². The zero-order chi connectivity index (χ0) is 16.4. The van der Waals surface area contributed by atoms with E-state index in [0.29, 0.717) is 23.6 Å². The second-order valence-corrected chi connectivity index (χ2v) is 6.06. The second kappa shape index (κ2) is 6.58. The number of pyridine rings is 1. The van der Waals surface area contributed by atoms with Crippen molar-refractivity contribution in [2.75, 3.05) is 20.3 Å². The molecular weight excluding hydrogens is 296 g/mol. The number of aromatic nitrogens is 2. The zero-order valence-corrected chi connectivity index (χ0v) is 13.7. The van der Waals surface area contributed by atoms with E-state index in [4.69, 9.17) is 19.2 Å². The lowest BCUT2D eigenvalue weighted by Gasteiger charge is -2.19. The molecule has 0 N–H and O–H groups in total. The van der Waals surface area contributed by atoms with Crippen molar-refractivity contribution in [3.63, 3.8) is 0 Å². The van der Waals surface area contributed by atoms with Gasteiger partial charge in [-0.2, -0.15) is 0 Å². The summed E-state index contributed by atoms with van der Waals surface area (Å²) in [6.07, 6.45) is 5.78. The first-order valence-electron chi connectivity index (χ1n) is 7.94. The zero-order valence-electron chi connectivity index (χ0n) is 13.7. The molecule has 0 amide bonds. The van der Waals surface area contributed by atoms with E-state index >= 15 is 0 Å². The molecule has 0 saturated carbocycles. The van der Waals surface area contributed by atoms with E-state index in [9.17, 15) is 4.79 Å². The Balaban J connectivity index is 2.05. The molecule has 6 nitrogen and oxygen atoms in total. The molecule has 1 unspecified atom stereocenters. The van der Waals surface area contributed by atoms with Crippen LogP contribution in [0.1, 0.15) is 48.7 Å². The molecule has 2 aromatic heterocycles. The Hall–Kier alpha value is -2.08. The van der Waals surface area contributed by atoms with Crippen molar-refractivity contribution < 1.29 is 19.0 Å². The van der Waals surface area contributed by atoms with Crippen molar-refractivity contribution >= 4 is 11.6 Å². The van der Waals surface area contributed by atoms with E-state index in [1.807, 2.05) is 24.4 Å². The highest BCUT2D eigenvalue weighted by molar-refractivity contribution is 5.90. The number of ether oxygens (including phenoxy) is 3. The second-order valence-electron chi connectivity index (χ2n) is 6.06. The van der Waals surface area contributed by atoms with Gasteiger partial charge in [-0.3, -0.25) is 0 Å². The molecule has 2 aromatic rings. The van der Waals surface area contributed by atoms with Gasteiger partial charge >= 0.3 is 5.97 Å². The summed E-state index contributed by atoms with van der Waals surface area (Å²) in [7, 11) is 1.37. The van der Waals surface area contributed by atoms with Crippen molar-refractivity contribution in [1.82, 2.24) is 9.38 Å². The minimum Gasteiger partial charge on any atom is -0.487 e. The van der Waals surface area contributed by atoms with Crippen molar-refractivity contribution in [3.8, 4) is 5.75 Å². The fourth-order valence-corrected chi connectivity index (χ4v) is 2.83. The highest BCUT2D eigenvalue weighted by Gasteiger charge is 2.21. The summed E-state index contributed by atoms with van der Waals surface area (Å²) in [5, 5.41) is 0. The molecule has 1 aliphatic heterocycles. The van der Waals surface area contributed by atoms with E-state index in [1.165, 1.54) is 7.11 Å². The maximum Gasteiger partial charge on any atom is 0.339 e. The molecule has 0 bridgehead atoms. The SMILES string of the molecule is COC(=O)c1cc(OC(C)C)c2nc(C3CCCOC3)cn2c1. The lowest BCUT2D eigenvalue weighted by molar-refractivity contribution is 0.0599. The van der Waals surface area contributed by atoms with Crippen molar-refractivity contribution in [2.24, 2.45) is 0 Å². The van der Waals surface area contributed by atoms with Crippen LogP contribution < -0.4 is 4.74 Å². The fraction of sp³-hybridized carbons (Fsp3) is 0.529. The summed E-state index contributed by atoms with van der Waals surface area (Å²) in [4.78, 5) is 16.6. The van der Waals surface area contributed by atoms with Crippen LogP contribution in [0.25, 0.3) is 5.65 Å². The maximum atomic E-state index is 11.9. The minimum absolute atomic E-state index is 0.00939. The first-order chi connectivity index (χ1) is 11.1. The molecule has 124 valence electrons. The average molecular weight is 318 g/mol. The van der Waals surface area contributed by atoms with Crippen LogP contribution in [-0.2, 0) is 9.47 Å².